The summed E-state index contributed by atoms with van der Waals surface area (Å²) in [6.45, 7) is 6.16. The molecule has 0 bridgehead atoms. The van der Waals surface area contributed by atoms with Crippen LogP contribution in [0.25, 0.3) is 17.0 Å². The molecule has 2 aromatic rings. The molecule has 0 unspecified atom stereocenters. The lowest BCUT2D eigenvalue weighted by Gasteiger charge is -2.31. The van der Waals surface area contributed by atoms with Crippen LogP contribution in [0.2, 0.25) is 0 Å². The van der Waals surface area contributed by atoms with Gasteiger partial charge >= 0.3 is 5.97 Å². The van der Waals surface area contributed by atoms with Crippen molar-refractivity contribution in [2.75, 3.05) is 50.7 Å². The second-order valence-electron chi connectivity index (χ2n) is 9.59. The molecule has 1 aromatic heterocycles. The minimum absolute atomic E-state index is 0.137. The lowest BCUT2D eigenvalue weighted by Crippen LogP contribution is -2.38. The van der Waals surface area contributed by atoms with Crippen molar-refractivity contribution in [1.82, 2.24) is 20.0 Å². The zero-order chi connectivity index (χ0) is 21.9. The average molecular weight is 438 g/mol. The van der Waals surface area contributed by atoms with E-state index in [9.17, 15) is 4.79 Å². The Morgan fingerprint density at radius 1 is 1.09 bits per heavy atom. The molecular formula is C25H35N5O2. The molecule has 4 heterocycles. The maximum absolute atomic E-state index is 11.1. The summed E-state index contributed by atoms with van der Waals surface area (Å²) < 4.78 is 2.24. The van der Waals surface area contributed by atoms with E-state index in [1.54, 1.807) is 0 Å². The van der Waals surface area contributed by atoms with Crippen molar-refractivity contribution in [3.8, 4) is 0 Å². The number of carboxylic acid groups (broad SMARTS) is 1. The van der Waals surface area contributed by atoms with Gasteiger partial charge in [-0.15, -0.1) is 0 Å². The quantitative estimate of drug-likeness (QED) is 0.722. The molecule has 0 aliphatic carbocycles. The SMILES string of the molecule is O=C(O)CN1CCC(n2nc(N3CCCC3)c3cc(/C=C/C4CCNCC4)ccc32)CC1. The summed E-state index contributed by atoms with van der Waals surface area (Å²) >= 11 is 0. The van der Waals surface area contributed by atoms with Gasteiger partial charge in [-0.25, -0.2) is 0 Å². The highest BCUT2D eigenvalue weighted by atomic mass is 16.4. The fourth-order valence-corrected chi connectivity index (χ4v) is 5.48. The number of carbonyl (C=O) groups is 1. The van der Waals surface area contributed by atoms with E-state index in [0.29, 0.717) is 12.0 Å². The number of piperidine rings is 2. The van der Waals surface area contributed by atoms with Crippen molar-refractivity contribution in [3.63, 3.8) is 0 Å². The van der Waals surface area contributed by atoms with E-state index in [4.69, 9.17) is 10.2 Å². The number of aromatic nitrogens is 2. The molecule has 3 aliphatic heterocycles. The molecule has 1 aromatic carbocycles. The molecule has 3 aliphatic rings. The maximum atomic E-state index is 11.1. The summed E-state index contributed by atoms with van der Waals surface area (Å²) in [5, 5.41) is 18.9. The number of hydrogen-bond acceptors (Lipinski definition) is 5. The van der Waals surface area contributed by atoms with Crippen molar-refractivity contribution in [2.45, 2.75) is 44.6 Å². The normalized spacial score (nSPS) is 21.8. The van der Waals surface area contributed by atoms with Gasteiger partial charge in [-0.05, 0) is 75.2 Å². The maximum Gasteiger partial charge on any atom is 0.317 e. The lowest BCUT2D eigenvalue weighted by molar-refractivity contribution is -0.138. The van der Waals surface area contributed by atoms with Crippen LogP contribution in [0.15, 0.2) is 24.3 Å². The van der Waals surface area contributed by atoms with Crippen LogP contribution in [-0.4, -0.2) is 71.6 Å². The van der Waals surface area contributed by atoms with Gasteiger partial charge in [-0.3, -0.25) is 14.4 Å². The minimum atomic E-state index is -0.741. The molecule has 0 spiro atoms. The number of nitrogens with zero attached hydrogens (tertiary/aromatic N) is 4. The first-order valence-electron chi connectivity index (χ1n) is 12.3. The van der Waals surface area contributed by atoms with Crippen molar-refractivity contribution in [2.24, 2.45) is 5.92 Å². The van der Waals surface area contributed by atoms with Crippen LogP contribution < -0.4 is 10.2 Å². The Morgan fingerprint density at radius 2 is 1.84 bits per heavy atom. The van der Waals surface area contributed by atoms with E-state index in [0.717, 1.165) is 57.9 Å². The molecule has 0 atom stereocenters. The van der Waals surface area contributed by atoms with Crippen LogP contribution in [0.3, 0.4) is 0 Å². The molecule has 2 N–H and O–H groups in total. The standard InChI is InChI=1S/C25H35N5O2/c31-24(32)18-28-15-9-21(10-16-28)30-23-6-5-20(4-3-19-7-11-26-12-8-19)17-22(23)25(27-30)29-13-1-2-14-29/h3-6,17,19,21,26H,1-2,7-16,18H2,(H,31,32)/b4-3+. The third kappa shape index (κ3) is 4.69. The molecule has 172 valence electrons. The number of aliphatic carboxylic acids is 1. The molecule has 0 saturated carbocycles. The first-order chi connectivity index (χ1) is 15.7. The third-order valence-corrected chi connectivity index (χ3v) is 7.32. The first kappa shape index (κ1) is 21.5. The predicted octanol–water partition coefficient (Wildman–Crippen LogP) is 3.37. The Bertz CT molecular complexity index is 964. The molecule has 3 fully saturated rings. The number of fused-ring (bicyclic) bond motifs is 1. The highest BCUT2D eigenvalue weighted by Crippen LogP contribution is 2.34. The Balaban J connectivity index is 1.41. The van der Waals surface area contributed by atoms with Gasteiger partial charge in [0.05, 0.1) is 18.1 Å². The fourth-order valence-electron chi connectivity index (χ4n) is 5.48. The van der Waals surface area contributed by atoms with E-state index in [-0.39, 0.29) is 6.54 Å². The Morgan fingerprint density at radius 3 is 2.56 bits per heavy atom. The summed E-state index contributed by atoms with van der Waals surface area (Å²) in [7, 11) is 0. The summed E-state index contributed by atoms with van der Waals surface area (Å²) in [4.78, 5) is 15.5. The van der Waals surface area contributed by atoms with E-state index in [1.165, 1.54) is 42.1 Å². The number of carboxylic acids is 1. The second kappa shape index (κ2) is 9.63. The Kier molecular flexibility index (Phi) is 6.46. The van der Waals surface area contributed by atoms with E-state index in [2.05, 4.69) is 45.2 Å². The number of rotatable bonds is 6. The number of allylic oxidation sites excluding steroid dienone is 1. The van der Waals surface area contributed by atoms with E-state index in [1.807, 2.05) is 4.90 Å². The largest absolute Gasteiger partial charge is 0.480 e. The summed E-state index contributed by atoms with van der Waals surface area (Å²) in [6.07, 6.45) is 11.5. The zero-order valence-corrected chi connectivity index (χ0v) is 18.9. The molecule has 32 heavy (non-hydrogen) atoms. The van der Waals surface area contributed by atoms with Crippen LogP contribution in [0.1, 0.15) is 50.1 Å². The average Bonchev–Trinajstić information content (AvgIpc) is 3.46. The molecule has 0 radical (unpaired) electrons. The number of nitrogens with one attached hydrogen (secondary N) is 1. The van der Waals surface area contributed by atoms with Crippen LogP contribution in [0.4, 0.5) is 5.82 Å². The van der Waals surface area contributed by atoms with Crippen molar-refractivity contribution < 1.29 is 9.90 Å². The van der Waals surface area contributed by atoms with Gasteiger partial charge in [0, 0.05) is 31.6 Å². The van der Waals surface area contributed by atoms with E-state index < -0.39 is 5.97 Å². The smallest absolute Gasteiger partial charge is 0.317 e. The van der Waals surface area contributed by atoms with Crippen LogP contribution in [0.5, 0.6) is 0 Å². The van der Waals surface area contributed by atoms with E-state index >= 15 is 0 Å². The van der Waals surface area contributed by atoms with Gasteiger partial charge in [0.2, 0.25) is 0 Å². The molecule has 0 amide bonds. The Labute approximate surface area is 190 Å². The topological polar surface area (TPSA) is 73.6 Å². The van der Waals surface area contributed by atoms with Gasteiger partial charge < -0.3 is 15.3 Å². The number of anilines is 1. The molecule has 3 saturated heterocycles. The predicted molar refractivity (Wildman–Crippen MR) is 128 cm³/mol. The third-order valence-electron chi connectivity index (χ3n) is 7.32. The van der Waals surface area contributed by atoms with Gasteiger partial charge in [0.15, 0.2) is 5.82 Å². The Hall–Kier alpha value is -2.38. The lowest BCUT2D eigenvalue weighted by atomic mass is 9.97. The minimum Gasteiger partial charge on any atom is -0.480 e. The van der Waals surface area contributed by atoms with Crippen LogP contribution in [0, 0.1) is 5.92 Å². The number of benzene rings is 1. The fraction of sp³-hybridized carbons (Fsp3) is 0.600. The van der Waals surface area contributed by atoms with Crippen molar-refractivity contribution in [1.29, 1.82) is 0 Å². The van der Waals surface area contributed by atoms with Gasteiger partial charge in [-0.2, -0.15) is 5.10 Å². The summed E-state index contributed by atoms with van der Waals surface area (Å²) in [6, 6.07) is 7.12. The number of likely N-dealkylation sites (tertiary alicyclic amines) is 1. The molecule has 7 nitrogen and oxygen atoms in total. The summed E-state index contributed by atoms with van der Waals surface area (Å²) in [5.74, 6) is 1.06. The van der Waals surface area contributed by atoms with Gasteiger partial charge in [0.1, 0.15) is 0 Å². The highest BCUT2D eigenvalue weighted by molar-refractivity contribution is 5.92. The van der Waals surface area contributed by atoms with Gasteiger partial charge in [-0.1, -0.05) is 18.2 Å². The second-order valence-corrected chi connectivity index (χ2v) is 9.59. The van der Waals surface area contributed by atoms with Crippen LogP contribution in [-0.2, 0) is 4.79 Å². The zero-order valence-electron chi connectivity index (χ0n) is 18.9. The monoisotopic (exact) mass is 437 g/mol. The van der Waals surface area contributed by atoms with Crippen LogP contribution >= 0.6 is 0 Å². The summed E-state index contributed by atoms with van der Waals surface area (Å²) in [5.41, 5.74) is 2.47. The molecular weight excluding hydrogens is 402 g/mol. The van der Waals surface area contributed by atoms with Gasteiger partial charge in [0.25, 0.3) is 0 Å². The molecule has 7 heteroatoms. The highest BCUT2D eigenvalue weighted by Gasteiger charge is 2.27. The molecule has 5 rings (SSSR count). The van der Waals surface area contributed by atoms with Crippen molar-refractivity contribution in [3.05, 3.63) is 29.8 Å². The van der Waals surface area contributed by atoms with Crippen molar-refractivity contribution >= 4 is 28.8 Å². The number of hydrogen-bond donors (Lipinski definition) is 2. The first-order valence-corrected chi connectivity index (χ1v) is 12.3.